The summed E-state index contributed by atoms with van der Waals surface area (Å²) in [6, 6.07) is 0. The van der Waals surface area contributed by atoms with Crippen molar-refractivity contribution in [1.29, 1.82) is 0 Å². The van der Waals surface area contributed by atoms with E-state index in [0.717, 1.165) is 0 Å². The van der Waals surface area contributed by atoms with Gasteiger partial charge in [-0.15, -0.1) is 0 Å². The molecule has 0 fully saturated rings. The fourth-order valence-electron chi connectivity index (χ4n) is 1.32. The molecule has 0 aliphatic rings. The first-order valence-corrected chi connectivity index (χ1v) is 5.59. The molecule has 0 rings (SSSR count). The molecule has 6 nitrogen and oxygen atoms in total. The largest absolute Gasteiger partial charge is 0.379 e. The van der Waals surface area contributed by atoms with E-state index in [9.17, 15) is 0 Å². The van der Waals surface area contributed by atoms with Crippen LogP contribution in [0.1, 0.15) is 48.0 Å². The summed E-state index contributed by atoms with van der Waals surface area (Å²) < 4.78 is 5.33. The number of hydrogen-bond acceptors (Lipinski definition) is 4. The second kappa shape index (κ2) is 5.47. The third kappa shape index (κ3) is 6.92. The maximum Gasteiger partial charge on any atom is 0.160 e. The number of rotatable bonds is 5. The fourth-order valence-corrected chi connectivity index (χ4v) is 1.32. The smallest absolute Gasteiger partial charge is 0.160 e. The molecule has 0 aromatic rings. The van der Waals surface area contributed by atoms with E-state index in [1.807, 2.05) is 34.6 Å². The van der Waals surface area contributed by atoms with Gasteiger partial charge in [-0.1, -0.05) is 5.11 Å². The van der Waals surface area contributed by atoms with Crippen molar-refractivity contribution in [3.8, 4) is 0 Å². The summed E-state index contributed by atoms with van der Waals surface area (Å²) in [4.78, 5) is 2.84. The molecular weight excluding hydrogens is 218 g/mol. The Morgan fingerprint density at radius 3 is 1.94 bits per heavy atom. The van der Waals surface area contributed by atoms with Crippen molar-refractivity contribution in [3.63, 3.8) is 0 Å². The van der Waals surface area contributed by atoms with Gasteiger partial charge >= 0.3 is 0 Å². The van der Waals surface area contributed by atoms with Gasteiger partial charge < -0.3 is 4.74 Å². The second-order valence-electron chi connectivity index (χ2n) is 5.92. The molecule has 0 heterocycles. The minimum Gasteiger partial charge on any atom is -0.379 e. The topological polar surface area (TPSA) is 82.7 Å². The van der Waals surface area contributed by atoms with Crippen LogP contribution in [0.2, 0.25) is 0 Å². The van der Waals surface area contributed by atoms with Gasteiger partial charge in [0.15, 0.2) is 5.66 Å². The van der Waals surface area contributed by atoms with Crippen LogP contribution in [0.25, 0.3) is 10.4 Å². The van der Waals surface area contributed by atoms with Crippen LogP contribution in [0.4, 0.5) is 0 Å². The van der Waals surface area contributed by atoms with E-state index in [2.05, 4.69) is 20.3 Å². The Labute approximate surface area is 103 Å². The molecule has 1 atom stereocenters. The van der Waals surface area contributed by atoms with Crippen LogP contribution in [0.15, 0.2) is 15.3 Å². The van der Waals surface area contributed by atoms with Gasteiger partial charge in [-0.3, -0.25) is 0 Å². The van der Waals surface area contributed by atoms with Crippen LogP contribution in [-0.4, -0.2) is 23.9 Å². The Morgan fingerprint density at radius 2 is 1.59 bits per heavy atom. The molecule has 0 saturated carbocycles. The SMILES string of the molecule is COC(C)(C)CC(C)(N=NC(C)(C)C)N=[N+]=[N-]. The molecule has 98 valence electrons. The zero-order chi connectivity index (χ0) is 13.7. The highest BCUT2D eigenvalue weighted by Crippen LogP contribution is 2.29. The van der Waals surface area contributed by atoms with Crippen molar-refractivity contribution in [2.24, 2.45) is 15.3 Å². The molecule has 0 spiro atoms. The number of ether oxygens (including phenoxy) is 1. The van der Waals surface area contributed by atoms with Gasteiger partial charge in [0.1, 0.15) is 0 Å². The maximum atomic E-state index is 8.62. The van der Waals surface area contributed by atoms with Crippen LogP contribution in [0.3, 0.4) is 0 Å². The Kier molecular flexibility index (Phi) is 5.11. The van der Waals surface area contributed by atoms with E-state index in [-0.39, 0.29) is 5.54 Å². The lowest BCUT2D eigenvalue weighted by atomic mass is 9.96. The number of azide groups is 1. The van der Waals surface area contributed by atoms with E-state index < -0.39 is 11.3 Å². The monoisotopic (exact) mass is 241 g/mol. The van der Waals surface area contributed by atoms with Gasteiger partial charge in [0.25, 0.3) is 0 Å². The number of hydrogen-bond donors (Lipinski definition) is 0. The van der Waals surface area contributed by atoms with Crippen LogP contribution >= 0.6 is 0 Å². The van der Waals surface area contributed by atoms with Crippen molar-refractivity contribution in [2.75, 3.05) is 7.11 Å². The van der Waals surface area contributed by atoms with Crippen molar-refractivity contribution < 1.29 is 4.74 Å². The van der Waals surface area contributed by atoms with E-state index >= 15 is 0 Å². The normalized spacial score (nSPS) is 16.6. The summed E-state index contributed by atoms with van der Waals surface area (Å²) in [5, 5.41) is 12.1. The first-order chi connectivity index (χ1) is 7.54. The molecule has 0 amide bonds. The minimum atomic E-state index is -0.915. The molecule has 0 bridgehead atoms. The summed E-state index contributed by atoms with van der Waals surface area (Å²) in [5.74, 6) is 0. The van der Waals surface area contributed by atoms with E-state index in [0.29, 0.717) is 6.42 Å². The quantitative estimate of drug-likeness (QED) is 0.405. The van der Waals surface area contributed by atoms with Gasteiger partial charge in [0.2, 0.25) is 0 Å². The Hall–Kier alpha value is -1.13. The zero-order valence-corrected chi connectivity index (χ0v) is 11.9. The molecule has 0 N–H and O–H groups in total. The first-order valence-electron chi connectivity index (χ1n) is 5.59. The minimum absolute atomic E-state index is 0.288. The van der Waals surface area contributed by atoms with Crippen LogP contribution in [0.5, 0.6) is 0 Å². The number of nitrogens with zero attached hydrogens (tertiary/aromatic N) is 5. The van der Waals surface area contributed by atoms with E-state index in [4.69, 9.17) is 10.3 Å². The van der Waals surface area contributed by atoms with Crippen LogP contribution < -0.4 is 0 Å². The summed E-state index contributed by atoms with van der Waals surface area (Å²) in [5.41, 5.74) is 7.00. The summed E-state index contributed by atoms with van der Waals surface area (Å²) in [6.45, 7) is 11.4. The molecule has 0 radical (unpaired) electrons. The van der Waals surface area contributed by atoms with Gasteiger partial charge in [0.05, 0.1) is 11.1 Å². The number of methoxy groups -OCH3 is 1. The van der Waals surface area contributed by atoms with E-state index in [1.165, 1.54) is 0 Å². The molecule has 0 aliphatic heterocycles. The molecule has 1 unspecified atom stereocenters. The third-order valence-electron chi connectivity index (χ3n) is 2.14. The molecule has 0 saturated heterocycles. The average Bonchev–Trinajstić information content (AvgIpc) is 2.14. The average molecular weight is 241 g/mol. The second-order valence-corrected chi connectivity index (χ2v) is 5.92. The number of azo groups is 1. The van der Waals surface area contributed by atoms with Crippen molar-refractivity contribution in [3.05, 3.63) is 10.4 Å². The molecular formula is C11H23N5O. The molecule has 6 heteroatoms. The Morgan fingerprint density at radius 1 is 1.06 bits per heavy atom. The van der Waals surface area contributed by atoms with Crippen molar-refractivity contribution in [1.82, 2.24) is 0 Å². The maximum absolute atomic E-state index is 8.62. The van der Waals surface area contributed by atoms with E-state index in [1.54, 1.807) is 14.0 Å². The van der Waals surface area contributed by atoms with Crippen molar-refractivity contribution >= 4 is 0 Å². The third-order valence-corrected chi connectivity index (χ3v) is 2.14. The Balaban J connectivity index is 5.06. The van der Waals surface area contributed by atoms with Gasteiger partial charge in [0, 0.05) is 18.4 Å². The predicted octanol–water partition coefficient (Wildman–Crippen LogP) is 4.08. The standard InChI is InChI=1S/C11H23N5O/c1-9(2,3)13-14-11(6,15-16-12)8-10(4,5)17-7/h8H2,1-7H3. The molecule has 17 heavy (non-hydrogen) atoms. The highest BCUT2D eigenvalue weighted by molar-refractivity contribution is 4.88. The van der Waals surface area contributed by atoms with Gasteiger partial charge in [-0.05, 0) is 47.1 Å². The summed E-state index contributed by atoms with van der Waals surface area (Å²) >= 11 is 0. The van der Waals surface area contributed by atoms with Crippen LogP contribution in [-0.2, 0) is 4.74 Å². The van der Waals surface area contributed by atoms with Gasteiger partial charge in [-0.25, -0.2) is 0 Å². The lowest BCUT2D eigenvalue weighted by molar-refractivity contribution is -0.000844. The lowest BCUT2D eigenvalue weighted by Crippen LogP contribution is -2.34. The molecule has 0 aliphatic carbocycles. The van der Waals surface area contributed by atoms with Crippen LogP contribution in [0, 0.1) is 0 Å². The highest BCUT2D eigenvalue weighted by Gasteiger charge is 2.32. The van der Waals surface area contributed by atoms with Gasteiger partial charge in [-0.2, -0.15) is 10.2 Å². The Bertz CT molecular complexity index is 325. The predicted molar refractivity (Wildman–Crippen MR) is 67.9 cm³/mol. The summed E-state index contributed by atoms with van der Waals surface area (Å²) in [6.07, 6.45) is 0.472. The fraction of sp³-hybridized carbons (Fsp3) is 1.00. The summed E-state index contributed by atoms with van der Waals surface area (Å²) in [7, 11) is 1.62. The highest BCUT2D eigenvalue weighted by atomic mass is 16.5. The lowest BCUT2D eigenvalue weighted by Gasteiger charge is -2.30. The van der Waals surface area contributed by atoms with Crippen molar-refractivity contribution in [2.45, 2.75) is 64.8 Å². The first kappa shape index (κ1) is 15.9. The molecule has 0 aromatic heterocycles. The zero-order valence-electron chi connectivity index (χ0n) is 11.9. The molecule has 0 aromatic carbocycles.